The molecule has 25 heavy (non-hydrogen) atoms. The first kappa shape index (κ1) is 15.7. The largest absolute Gasteiger partial charge is 0.417 e. The van der Waals surface area contributed by atoms with Gasteiger partial charge in [-0.15, -0.1) is 0 Å². The Labute approximate surface area is 140 Å². The van der Waals surface area contributed by atoms with Gasteiger partial charge in [-0.05, 0) is 19.3 Å². The number of nitrogens with one attached hydrogen (secondary N) is 2. The number of aliphatic hydroxyl groups is 1. The van der Waals surface area contributed by atoms with Gasteiger partial charge in [0, 0.05) is 6.07 Å². The summed E-state index contributed by atoms with van der Waals surface area (Å²) < 4.78 is 30.3. The number of alkyl halides is 2. The minimum atomic E-state index is -2.93. The van der Waals surface area contributed by atoms with Crippen LogP contribution in [0, 0.1) is 0 Å². The van der Waals surface area contributed by atoms with E-state index in [1.54, 1.807) is 10.9 Å². The Morgan fingerprint density at radius 3 is 2.96 bits per heavy atom. The molecule has 3 heterocycles. The highest BCUT2D eigenvalue weighted by molar-refractivity contribution is 5.72. The highest BCUT2D eigenvalue weighted by Gasteiger charge is 2.26. The number of ether oxygens (including phenoxy) is 1. The molecule has 11 heteroatoms. The Balaban J connectivity index is 1.57. The van der Waals surface area contributed by atoms with Crippen molar-refractivity contribution < 1.29 is 18.6 Å². The normalized spacial score (nSPS) is 20.5. The minimum absolute atomic E-state index is 0.0773. The lowest BCUT2D eigenvalue weighted by molar-refractivity contribution is -0.0528. The van der Waals surface area contributed by atoms with Crippen molar-refractivity contribution in [3.8, 4) is 5.88 Å². The lowest BCUT2D eigenvalue weighted by Gasteiger charge is -2.11. The predicted octanol–water partition coefficient (Wildman–Crippen LogP) is 1.98. The maximum atomic E-state index is 12.2. The van der Waals surface area contributed by atoms with Crippen LogP contribution in [0.1, 0.15) is 25.3 Å². The topological polar surface area (TPSA) is 114 Å². The smallest absolute Gasteiger partial charge is 0.388 e. The number of H-pyrrole nitrogens is 1. The van der Waals surface area contributed by atoms with Crippen LogP contribution >= 0.6 is 0 Å². The van der Waals surface area contributed by atoms with Crippen LogP contribution in [0.2, 0.25) is 0 Å². The number of rotatable bonds is 5. The number of nitrogens with zero attached hydrogens (tertiary/aromatic N) is 5. The number of hydrogen-bond donors (Lipinski definition) is 3. The number of aromatic nitrogens is 6. The molecule has 0 spiro atoms. The van der Waals surface area contributed by atoms with Gasteiger partial charge in [0.2, 0.25) is 5.88 Å². The molecule has 0 amide bonds. The van der Waals surface area contributed by atoms with Gasteiger partial charge in [0.15, 0.2) is 17.3 Å². The Morgan fingerprint density at radius 2 is 2.20 bits per heavy atom. The van der Waals surface area contributed by atoms with Crippen LogP contribution in [0.3, 0.4) is 0 Å². The average Bonchev–Trinajstić information content (AvgIpc) is 3.27. The molecule has 1 aliphatic carbocycles. The minimum Gasteiger partial charge on any atom is -0.417 e. The molecule has 0 bridgehead atoms. The van der Waals surface area contributed by atoms with Crippen LogP contribution in [-0.2, 0) is 0 Å². The Bertz CT molecular complexity index is 881. The van der Waals surface area contributed by atoms with Crippen molar-refractivity contribution in [2.45, 2.75) is 38.0 Å². The van der Waals surface area contributed by atoms with Crippen LogP contribution in [0.25, 0.3) is 11.2 Å². The van der Waals surface area contributed by atoms with Gasteiger partial charge in [0.25, 0.3) is 0 Å². The van der Waals surface area contributed by atoms with Gasteiger partial charge in [-0.1, -0.05) is 0 Å². The molecule has 9 nitrogen and oxygen atoms in total. The molecule has 1 aliphatic rings. The standard InChI is InChI=1S/C14H15F2N7O2/c15-14(16)25-12-4-10(21-22-12)19-11-6-17-9-5-18-23(13(9)20-11)7-1-2-8(24)3-7/h4-8,14,24H,1-3H2,(H2,19,20,21,22)/t7-,8+/m0/s1. The summed E-state index contributed by atoms with van der Waals surface area (Å²) in [6.45, 7) is -2.93. The second-order valence-electron chi connectivity index (χ2n) is 5.79. The fourth-order valence-electron chi connectivity index (χ4n) is 2.96. The maximum absolute atomic E-state index is 12.2. The van der Waals surface area contributed by atoms with Crippen molar-refractivity contribution in [2.75, 3.05) is 5.32 Å². The first-order chi connectivity index (χ1) is 12.1. The molecule has 1 fully saturated rings. The number of halogens is 2. The zero-order valence-corrected chi connectivity index (χ0v) is 12.9. The van der Waals surface area contributed by atoms with Crippen LogP contribution in [-0.4, -0.2) is 47.8 Å². The zero-order chi connectivity index (χ0) is 17.4. The fourth-order valence-corrected chi connectivity index (χ4v) is 2.96. The van der Waals surface area contributed by atoms with E-state index in [-0.39, 0.29) is 23.8 Å². The average molecular weight is 351 g/mol. The molecule has 0 radical (unpaired) electrons. The fraction of sp³-hybridized carbons (Fsp3) is 0.429. The van der Waals surface area contributed by atoms with Crippen molar-refractivity contribution in [2.24, 2.45) is 0 Å². The monoisotopic (exact) mass is 351 g/mol. The van der Waals surface area contributed by atoms with Crippen molar-refractivity contribution in [3.05, 3.63) is 18.5 Å². The van der Waals surface area contributed by atoms with Crippen LogP contribution in [0.15, 0.2) is 18.5 Å². The molecule has 3 aromatic rings. The molecule has 0 unspecified atom stereocenters. The molecule has 4 rings (SSSR count). The number of anilines is 2. The number of hydrogen-bond acceptors (Lipinski definition) is 7. The summed E-state index contributed by atoms with van der Waals surface area (Å²) >= 11 is 0. The molecule has 0 aromatic carbocycles. The molecule has 0 aliphatic heterocycles. The van der Waals surface area contributed by atoms with E-state index in [9.17, 15) is 13.9 Å². The number of aliphatic hydroxyl groups excluding tert-OH is 1. The van der Waals surface area contributed by atoms with Gasteiger partial charge in [0.05, 0.1) is 24.5 Å². The molecular weight excluding hydrogens is 336 g/mol. The Hall–Kier alpha value is -2.82. The summed E-state index contributed by atoms with van der Waals surface area (Å²) in [5.74, 6) is 0.506. The lowest BCUT2D eigenvalue weighted by Crippen LogP contribution is -2.10. The molecule has 2 atom stereocenters. The summed E-state index contributed by atoms with van der Waals surface area (Å²) in [6, 6.07) is 1.37. The summed E-state index contributed by atoms with van der Waals surface area (Å²) in [5.41, 5.74) is 1.22. The first-order valence-corrected chi connectivity index (χ1v) is 7.74. The third-order valence-corrected chi connectivity index (χ3v) is 4.05. The van der Waals surface area contributed by atoms with E-state index in [1.165, 1.54) is 12.3 Å². The van der Waals surface area contributed by atoms with E-state index < -0.39 is 6.61 Å². The van der Waals surface area contributed by atoms with Crippen LogP contribution < -0.4 is 10.1 Å². The Kier molecular flexibility index (Phi) is 3.92. The van der Waals surface area contributed by atoms with Crippen molar-refractivity contribution >= 4 is 22.8 Å². The van der Waals surface area contributed by atoms with E-state index >= 15 is 0 Å². The lowest BCUT2D eigenvalue weighted by atomic mass is 10.2. The van der Waals surface area contributed by atoms with Gasteiger partial charge in [-0.3, -0.25) is 0 Å². The number of aromatic amines is 1. The van der Waals surface area contributed by atoms with E-state index in [1.807, 2.05) is 0 Å². The third kappa shape index (κ3) is 3.22. The molecule has 3 aromatic heterocycles. The molecule has 1 saturated carbocycles. The second kappa shape index (κ2) is 6.24. The highest BCUT2D eigenvalue weighted by Crippen LogP contribution is 2.31. The van der Waals surface area contributed by atoms with Gasteiger partial charge in [0.1, 0.15) is 5.52 Å². The summed E-state index contributed by atoms with van der Waals surface area (Å²) in [4.78, 5) is 8.76. The van der Waals surface area contributed by atoms with Crippen LogP contribution in [0.4, 0.5) is 20.4 Å². The molecule has 0 saturated heterocycles. The predicted molar refractivity (Wildman–Crippen MR) is 82.7 cm³/mol. The molecule has 132 valence electrons. The Morgan fingerprint density at radius 1 is 1.32 bits per heavy atom. The van der Waals surface area contributed by atoms with E-state index in [0.29, 0.717) is 23.4 Å². The van der Waals surface area contributed by atoms with Gasteiger partial charge < -0.3 is 15.2 Å². The first-order valence-electron chi connectivity index (χ1n) is 7.74. The molecular formula is C14H15F2N7O2. The SMILES string of the molecule is O[C@@H]1CC[C@H](n2ncc3ncc(Nc4cc(OC(F)F)[nH]n4)nc32)C1. The second-order valence-corrected chi connectivity index (χ2v) is 5.79. The summed E-state index contributed by atoms with van der Waals surface area (Å²) in [5, 5.41) is 23.1. The zero-order valence-electron chi connectivity index (χ0n) is 12.9. The third-order valence-electron chi connectivity index (χ3n) is 4.05. The van der Waals surface area contributed by atoms with Gasteiger partial charge in [-0.2, -0.15) is 19.0 Å². The molecule has 3 N–H and O–H groups in total. The van der Waals surface area contributed by atoms with Gasteiger partial charge in [-0.25, -0.2) is 19.7 Å². The quantitative estimate of drug-likeness (QED) is 0.644. The van der Waals surface area contributed by atoms with E-state index in [2.05, 4.69) is 35.3 Å². The highest BCUT2D eigenvalue weighted by atomic mass is 19.3. The van der Waals surface area contributed by atoms with Crippen molar-refractivity contribution in [3.63, 3.8) is 0 Å². The van der Waals surface area contributed by atoms with Crippen molar-refractivity contribution in [1.29, 1.82) is 0 Å². The maximum Gasteiger partial charge on any atom is 0.388 e. The summed E-state index contributed by atoms with van der Waals surface area (Å²) in [7, 11) is 0. The number of fused-ring (bicyclic) bond motifs is 1. The van der Waals surface area contributed by atoms with Crippen LogP contribution in [0.5, 0.6) is 5.88 Å². The van der Waals surface area contributed by atoms with Crippen molar-refractivity contribution in [1.82, 2.24) is 29.9 Å². The summed E-state index contributed by atoms with van der Waals surface area (Å²) in [6.07, 6.45) is 4.99. The van der Waals surface area contributed by atoms with E-state index in [0.717, 1.165) is 12.8 Å². The van der Waals surface area contributed by atoms with Gasteiger partial charge >= 0.3 is 6.61 Å². The van der Waals surface area contributed by atoms with E-state index in [4.69, 9.17) is 0 Å².